The molecule has 0 aliphatic heterocycles. The first-order valence-corrected chi connectivity index (χ1v) is 10.6. The first-order valence-electron chi connectivity index (χ1n) is 9.72. The zero-order valence-corrected chi connectivity index (χ0v) is 19.2. The van der Waals surface area contributed by atoms with Crippen LogP contribution in [0, 0.1) is 11.8 Å². The van der Waals surface area contributed by atoms with E-state index in [1.807, 2.05) is 60.8 Å². The van der Waals surface area contributed by atoms with Gasteiger partial charge in [0.1, 0.15) is 11.3 Å². The van der Waals surface area contributed by atoms with Crippen LogP contribution in [0.15, 0.2) is 28.5 Å². The van der Waals surface area contributed by atoms with Crippen LogP contribution in [0.1, 0.15) is 66.3 Å². The second-order valence-corrected chi connectivity index (χ2v) is 6.58. The van der Waals surface area contributed by atoms with Crippen molar-refractivity contribution in [3.05, 3.63) is 34.9 Å². The highest BCUT2D eigenvalue weighted by Gasteiger charge is 2.07. The largest absolute Gasteiger partial charge is 0.447 e. The van der Waals surface area contributed by atoms with Crippen molar-refractivity contribution >= 4 is 23.2 Å². The number of aromatic nitrogens is 2. The molecule has 2 aromatic rings. The van der Waals surface area contributed by atoms with Gasteiger partial charge in [-0.15, -0.1) is 11.3 Å². The van der Waals surface area contributed by atoms with E-state index in [1.54, 1.807) is 23.7 Å². The van der Waals surface area contributed by atoms with E-state index in [0.29, 0.717) is 19.0 Å². The SMILES string of the molecule is CC.CC.CC(C)C(=O)NCc1ncco1.CC(C)C(=O)NCc1nccs1. The van der Waals surface area contributed by atoms with E-state index in [4.69, 9.17) is 4.42 Å². The Kier molecular flexibility index (Phi) is 18.2. The Hall–Kier alpha value is -2.22. The fourth-order valence-corrected chi connectivity index (χ4v) is 1.97. The average Bonchev–Trinajstić information content (AvgIpc) is 3.41. The van der Waals surface area contributed by atoms with Crippen LogP contribution in [0.4, 0.5) is 0 Å². The number of nitrogens with one attached hydrogen (secondary N) is 2. The maximum Gasteiger partial charge on any atom is 0.222 e. The number of oxazole rings is 1. The van der Waals surface area contributed by atoms with Crippen LogP contribution >= 0.6 is 11.3 Å². The first-order chi connectivity index (χ1) is 13.4. The summed E-state index contributed by atoms with van der Waals surface area (Å²) in [6.45, 7) is 16.3. The second kappa shape index (κ2) is 18.2. The van der Waals surface area contributed by atoms with Gasteiger partial charge >= 0.3 is 0 Å². The van der Waals surface area contributed by atoms with Gasteiger partial charge in [-0.25, -0.2) is 9.97 Å². The van der Waals surface area contributed by atoms with Crippen molar-refractivity contribution in [2.75, 3.05) is 0 Å². The van der Waals surface area contributed by atoms with Crippen LogP contribution in [-0.4, -0.2) is 21.8 Å². The number of thiazole rings is 1. The van der Waals surface area contributed by atoms with Gasteiger partial charge in [-0.1, -0.05) is 55.4 Å². The van der Waals surface area contributed by atoms with Crippen molar-refractivity contribution in [3.8, 4) is 0 Å². The van der Waals surface area contributed by atoms with Crippen LogP contribution < -0.4 is 10.6 Å². The Morgan fingerprint density at radius 2 is 1.46 bits per heavy atom. The summed E-state index contributed by atoms with van der Waals surface area (Å²) in [6, 6.07) is 0. The fourth-order valence-electron chi connectivity index (χ4n) is 1.41. The molecule has 7 nitrogen and oxygen atoms in total. The van der Waals surface area contributed by atoms with Crippen molar-refractivity contribution < 1.29 is 14.0 Å². The number of rotatable bonds is 6. The highest BCUT2D eigenvalue weighted by molar-refractivity contribution is 7.09. The van der Waals surface area contributed by atoms with E-state index >= 15 is 0 Å². The molecule has 2 rings (SSSR count). The topological polar surface area (TPSA) is 97.1 Å². The molecule has 160 valence electrons. The molecular weight excluding hydrogens is 376 g/mol. The second-order valence-electron chi connectivity index (χ2n) is 5.60. The van der Waals surface area contributed by atoms with Crippen molar-refractivity contribution in [1.29, 1.82) is 0 Å². The highest BCUT2D eigenvalue weighted by Crippen LogP contribution is 2.03. The molecule has 0 radical (unpaired) electrons. The minimum atomic E-state index is -0.0000350. The van der Waals surface area contributed by atoms with Crippen molar-refractivity contribution in [2.45, 2.75) is 68.5 Å². The number of carbonyl (C=O) groups excluding carboxylic acids is 2. The lowest BCUT2D eigenvalue weighted by Gasteiger charge is -2.04. The molecule has 0 aliphatic carbocycles. The fraction of sp³-hybridized carbons (Fsp3) is 0.600. The first kappa shape index (κ1) is 28.0. The average molecular weight is 413 g/mol. The van der Waals surface area contributed by atoms with Gasteiger partial charge in [0.05, 0.1) is 19.3 Å². The molecule has 0 bridgehead atoms. The predicted octanol–water partition coefficient (Wildman–Crippen LogP) is 4.41. The summed E-state index contributed by atoms with van der Waals surface area (Å²) in [6.07, 6.45) is 4.77. The molecule has 2 N–H and O–H groups in total. The maximum atomic E-state index is 11.1. The standard InChI is InChI=1S/C8H12N2O2.C8H12N2OS.2C2H6/c2*1-6(2)8(11)10-5-7-9-3-4-12-7;2*1-2/h2*3-4,6H,5H2,1-2H3,(H,10,11);2*1-2H3. The highest BCUT2D eigenvalue weighted by atomic mass is 32.1. The third-order valence-corrected chi connectivity index (χ3v) is 3.62. The zero-order chi connectivity index (χ0) is 21.9. The predicted molar refractivity (Wildman–Crippen MR) is 115 cm³/mol. The summed E-state index contributed by atoms with van der Waals surface area (Å²) in [4.78, 5) is 30.1. The van der Waals surface area contributed by atoms with Crippen LogP contribution in [0.5, 0.6) is 0 Å². The Morgan fingerprint density at radius 1 is 0.929 bits per heavy atom. The summed E-state index contributed by atoms with van der Waals surface area (Å²) < 4.78 is 4.94. The lowest BCUT2D eigenvalue weighted by molar-refractivity contribution is -0.124. The minimum absolute atomic E-state index is 0.0000350. The van der Waals surface area contributed by atoms with Crippen molar-refractivity contribution in [2.24, 2.45) is 11.8 Å². The smallest absolute Gasteiger partial charge is 0.222 e. The Morgan fingerprint density at radius 3 is 1.86 bits per heavy atom. The van der Waals surface area contributed by atoms with Gasteiger partial charge in [0.15, 0.2) is 0 Å². The lowest BCUT2D eigenvalue weighted by Crippen LogP contribution is -2.27. The van der Waals surface area contributed by atoms with Gasteiger partial charge < -0.3 is 15.1 Å². The molecule has 0 spiro atoms. The van der Waals surface area contributed by atoms with E-state index in [2.05, 4.69) is 20.6 Å². The van der Waals surface area contributed by atoms with Crippen LogP contribution in [0.3, 0.4) is 0 Å². The van der Waals surface area contributed by atoms with Gasteiger partial charge in [-0.05, 0) is 0 Å². The minimum Gasteiger partial charge on any atom is -0.447 e. The molecule has 2 heterocycles. The molecule has 0 saturated carbocycles. The van der Waals surface area contributed by atoms with Gasteiger partial charge in [-0.3, -0.25) is 9.59 Å². The van der Waals surface area contributed by atoms with Crippen molar-refractivity contribution in [1.82, 2.24) is 20.6 Å². The van der Waals surface area contributed by atoms with E-state index in [9.17, 15) is 9.59 Å². The summed E-state index contributed by atoms with van der Waals surface area (Å²) in [5, 5.41) is 8.33. The molecule has 2 aromatic heterocycles. The number of hydrogen-bond acceptors (Lipinski definition) is 6. The van der Waals surface area contributed by atoms with Crippen LogP contribution in [0.25, 0.3) is 0 Å². The van der Waals surface area contributed by atoms with Gasteiger partial charge in [-0.2, -0.15) is 0 Å². The number of hydrogen-bond donors (Lipinski definition) is 2. The van der Waals surface area contributed by atoms with E-state index in [-0.39, 0.29) is 23.7 Å². The summed E-state index contributed by atoms with van der Waals surface area (Å²) in [7, 11) is 0. The molecule has 0 atom stereocenters. The summed E-state index contributed by atoms with van der Waals surface area (Å²) in [5.74, 6) is 0.660. The molecule has 28 heavy (non-hydrogen) atoms. The molecule has 0 unspecified atom stereocenters. The monoisotopic (exact) mass is 412 g/mol. The van der Waals surface area contributed by atoms with E-state index in [1.165, 1.54) is 6.26 Å². The quantitative estimate of drug-likeness (QED) is 0.732. The Balaban J connectivity index is 0. The molecule has 0 fully saturated rings. The molecule has 2 amide bonds. The van der Waals surface area contributed by atoms with E-state index < -0.39 is 0 Å². The van der Waals surface area contributed by atoms with Gasteiger partial charge in [0, 0.05) is 23.4 Å². The molecule has 0 aliphatic rings. The number of nitrogens with zero attached hydrogens (tertiary/aromatic N) is 2. The van der Waals surface area contributed by atoms with E-state index in [0.717, 1.165) is 5.01 Å². The zero-order valence-electron chi connectivity index (χ0n) is 18.4. The van der Waals surface area contributed by atoms with Crippen LogP contribution in [-0.2, 0) is 22.7 Å². The summed E-state index contributed by atoms with van der Waals surface area (Å²) in [5.41, 5.74) is 0. The third kappa shape index (κ3) is 13.9. The van der Waals surface area contributed by atoms with Crippen molar-refractivity contribution in [3.63, 3.8) is 0 Å². The summed E-state index contributed by atoms with van der Waals surface area (Å²) >= 11 is 1.55. The molecule has 0 saturated heterocycles. The Bertz CT molecular complexity index is 543. The normalized spacial score (nSPS) is 9.21. The lowest BCUT2D eigenvalue weighted by atomic mass is 10.2. The third-order valence-electron chi connectivity index (χ3n) is 2.84. The molecular formula is C20H36N4O3S. The van der Waals surface area contributed by atoms with Crippen LogP contribution in [0.2, 0.25) is 0 Å². The molecule has 8 heteroatoms. The van der Waals surface area contributed by atoms with Gasteiger partial charge in [0.2, 0.25) is 17.7 Å². The number of carbonyl (C=O) groups is 2. The van der Waals surface area contributed by atoms with Gasteiger partial charge in [0.25, 0.3) is 0 Å². The number of amides is 2. The Labute approximate surface area is 173 Å². The maximum absolute atomic E-state index is 11.1. The molecule has 0 aromatic carbocycles.